The van der Waals surface area contributed by atoms with E-state index in [1.54, 1.807) is 23.2 Å². The van der Waals surface area contributed by atoms with Crippen LogP contribution in [0.25, 0.3) is 22.3 Å². The molecule has 2 aliphatic heterocycles. The first-order chi connectivity index (χ1) is 16.0. The number of nitrogens with one attached hydrogen (secondary N) is 2. The zero-order valence-electron chi connectivity index (χ0n) is 17.6. The predicted molar refractivity (Wildman–Crippen MR) is 127 cm³/mol. The molecule has 3 aromatic rings. The predicted octanol–water partition coefficient (Wildman–Crippen LogP) is 1.86. The van der Waals surface area contributed by atoms with Gasteiger partial charge in [0, 0.05) is 30.4 Å². The second-order valence-electron chi connectivity index (χ2n) is 7.72. The summed E-state index contributed by atoms with van der Waals surface area (Å²) in [7, 11) is 0. The molecule has 2 atom stereocenters. The summed E-state index contributed by atoms with van der Waals surface area (Å²) in [4.78, 5) is 34.9. The van der Waals surface area contributed by atoms with Crippen molar-refractivity contribution in [1.82, 2.24) is 35.3 Å². The molecule has 2 aromatic heterocycles. The first-order valence-electron chi connectivity index (χ1n) is 10.4. The lowest BCUT2D eigenvalue weighted by Gasteiger charge is -2.14. The third-order valence-corrected chi connectivity index (χ3v) is 6.55. The average molecular weight is 463 g/mol. The summed E-state index contributed by atoms with van der Waals surface area (Å²) >= 11 is 1.49. The van der Waals surface area contributed by atoms with Gasteiger partial charge in [-0.3, -0.25) is 9.59 Å². The smallest absolute Gasteiger partial charge is 0.253 e. The zero-order chi connectivity index (χ0) is 22.9. The number of likely N-dealkylation sites (tertiary alicyclic amines) is 1. The third-order valence-electron chi connectivity index (χ3n) is 5.73. The van der Waals surface area contributed by atoms with Crippen LogP contribution in [-0.2, 0) is 4.79 Å². The van der Waals surface area contributed by atoms with Gasteiger partial charge in [-0.15, -0.1) is 0 Å². The summed E-state index contributed by atoms with van der Waals surface area (Å²) in [6.07, 6.45) is 5.29. The number of aromatic nitrogens is 4. The van der Waals surface area contributed by atoms with E-state index in [1.807, 2.05) is 22.2 Å². The maximum absolute atomic E-state index is 12.5. The van der Waals surface area contributed by atoms with Crippen molar-refractivity contribution in [3.8, 4) is 11.3 Å². The monoisotopic (exact) mass is 462 g/mol. The second kappa shape index (κ2) is 8.58. The van der Waals surface area contributed by atoms with E-state index in [9.17, 15) is 9.59 Å². The van der Waals surface area contributed by atoms with E-state index in [4.69, 9.17) is 10.8 Å². The summed E-state index contributed by atoms with van der Waals surface area (Å²) in [6.45, 7) is 4.71. The van der Waals surface area contributed by atoms with Gasteiger partial charge < -0.3 is 21.3 Å². The molecular formula is C22H22N8O2S. The van der Waals surface area contributed by atoms with Gasteiger partial charge >= 0.3 is 0 Å². The number of hydrogen-bond acceptors (Lipinski definition) is 8. The zero-order valence-corrected chi connectivity index (χ0v) is 18.5. The van der Waals surface area contributed by atoms with Crippen molar-refractivity contribution in [1.29, 1.82) is 0 Å². The first-order valence-corrected chi connectivity index (χ1v) is 11.4. The summed E-state index contributed by atoms with van der Waals surface area (Å²) in [5.41, 5.74) is 8.63. The molecule has 0 aliphatic carbocycles. The van der Waals surface area contributed by atoms with E-state index < -0.39 is 0 Å². The van der Waals surface area contributed by atoms with E-state index in [1.165, 1.54) is 24.2 Å². The molecule has 1 saturated heterocycles. The number of amides is 2. The summed E-state index contributed by atoms with van der Waals surface area (Å²) < 4.78 is 1.83. The van der Waals surface area contributed by atoms with Gasteiger partial charge in [-0.05, 0) is 30.0 Å². The molecule has 11 heteroatoms. The highest BCUT2D eigenvalue weighted by Gasteiger charge is 2.30. The molecule has 5 rings (SSSR count). The maximum atomic E-state index is 12.5. The fourth-order valence-electron chi connectivity index (χ4n) is 4.06. The Labute approximate surface area is 193 Å². The number of hydrogen-bond donors (Lipinski definition) is 3. The normalized spacial score (nSPS) is 19.6. The Morgan fingerprint density at radius 2 is 2.09 bits per heavy atom. The number of anilines is 1. The highest BCUT2D eigenvalue weighted by molar-refractivity contribution is 8.02. The third kappa shape index (κ3) is 3.91. The van der Waals surface area contributed by atoms with Crippen LogP contribution in [0.4, 0.5) is 5.82 Å². The fraction of sp³-hybridized carbons (Fsp3) is 0.227. The van der Waals surface area contributed by atoms with E-state index in [-0.39, 0.29) is 23.4 Å². The Morgan fingerprint density at radius 3 is 2.82 bits per heavy atom. The van der Waals surface area contributed by atoms with Crippen LogP contribution < -0.4 is 16.4 Å². The summed E-state index contributed by atoms with van der Waals surface area (Å²) in [6, 6.07) is 7.15. The van der Waals surface area contributed by atoms with Crippen LogP contribution in [0.1, 0.15) is 22.8 Å². The molecule has 2 aliphatic rings. The largest absolute Gasteiger partial charge is 0.383 e. The highest BCUT2D eigenvalue weighted by Crippen LogP contribution is 2.34. The van der Waals surface area contributed by atoms with Crippen molar-refractivity contribution in [3.63, 3.8) is 0 Å². The van der Waals surface area contributed by atoms with Crippen molar-refractivity contribution in [2.24, 2.45) is 0 Å². The van der Waals surface area contributed by atoms with Crippen LogP contribution in [0.5, 0.6) is 0 Å². The fourth-order valence-corrected chi connectivity index (χ4v) is 4.71. The molecule has 1 aromatic carbocycles. The van der Waals surface area contributed by atoms with Crippen LogP contribution >= 0.6 is 11.8 Å². The molecule has 1 fully saturated rings. The Hall–Kier alpha value is -3.86. The maximum Gasteiger partial charge on any atom is 0.253 e. The van der Waals surface area contributed by atoms with Gasteiger partial charge in [-0.1, -0.05) is 30.5 Å². The highest BCUT2D eigenvalue weighted by atomic mass is 32.2. The molecule has 168 valence electrons. The van der Waals surface area contributed by atoms with Gasteiger partial charge in [0.05, 0.1) is 11.4 Å². The molecule has 4 N–H and O–H groups in total. The topological polar surface area (TPSA) is 131 Å². The molecular weight excluding hydrogens is 440 g/mol. The number of carbonyl (C=O) groups is 2. The van der Waals surface area contributed by atoms with E-state index in [0.29, 0.717) is 41.2 Å². The standard InChI is InChI=1S/C22H22N8O2S/c1-2-16(31)29-9-7-15(11-29)30-20-17(19(23)25-12-26-20)18(28-30)13-3-5-14(6-4-13)21(32)27-22-24-8-10-33-22/h2-6,8,10,12,15,22,24H,1,7,9,11H2,(H,27,32)(H2,23,25,26)/t15-,22?/m1/s1. The lowest BCUT2D eigenvalue weighted by molar-refractivity contribution is -0.125. The lowest BCUT2D eigenvalue weighted by Crippen LogP contribution is -2.38. The van der Waals surface area contributed by atoms with Crippen molar-refractivity contribution in [2.75, 3.05) is 18.8 Å². The number of rotatable bonds is 5. The van der Waals surface area contributed by atoms with Gasteiger partial charge in [0.1, 0.15) is 17.8 Å². The van der Waals surface area contributed by atoms with Crippen LogP contribution in [0, 0.1) is 0 Å². The molecule has 1 unspecified atom stereocenters. The SMILES string of the molecule is C=CC(=O)N1CC[C@@H](n2nc(-c3ccc(C(=O)NC4NC=CS4)cc3)c3c(N)ncnc32)C1. The number of carbonyl (C=O) groups excluding carboxylic acids is 2. The molecule has 10 nitrogen and oxygen atoms in total. The Morgan fingerprint density at radius 1 is 1.27 bits per heavy atom. The molecule has 4 heterocycles. The number of thioether (sulfide) groups is 1. The number of nitrogens with zero attached hydrogens (tertiary/aromatic N) is 5. The number of fused-ring (bicyclic) bond motifs is 1. The van der Waals surface area contributed by atoms with Crippen LogP contribution in [0.3, 0.4) is 0 Å². The number of nitrogen functional groups attached to an aromatic ring is 1. The minimum atomic E-state index is -0.175. The Kier molecular flexibility index (Phi) is 5.47. The second-order valence-corrected chi connectivity index (χ2v) is 8.73. The molecule has 33 heavy (non-hydrogen) atoms. The number of nitrogens with two attached hydrogens (primary N) is 1. The first kappa shape index (κ1) is 21.0. The van der Waals surface area contributed by atoms with Gasteiger partial charge in [-0.25, -0.2) is 14.6 Å². The van der Waals surface area contributed by atoms with Crippen molar-refractivity contribution in [2.45, 2.75) is 18.0 Å². The van der Waals surface area contributed by atoms with Gasteiger partial charge in [-0.2, -0.15) is 5.10 Å². The van der Waals surface area contributed by atoms with Gasteiger partial charge in [0.2, 0.25) is 5.91 Å². The van der Waals surface area contributed by atoms with Crippen molar-refractivity contribution in [3.05, 3.63) is 60.4 Å². The van der Waals surface area contributed by atoms with Crippen LogP contribution in [-0.4, -0.2) is 55.1 Å². The summed E-state index contributed by atoms with van der Waals surface area (Å²) in [5, 5.41) is 13.3. The lowest BCUT2D eigenvalue weighted by atomic mass is 10.1. The van der Waals surface area contributed by atoms with Crippen molar-refractivity contribution >= 4 is 40.4 Å². The summed E-state index contributed by atoms with van der Waals surface area (Å²) in [5.74, 6) is 0.0579. The van der Waals surface area contributed by atoms with Gasteiger partial charge in [0.25, 0.3) is 5.91 Å². The molecule has 0 radical (unpaired) electrons. The minimum Gasteiger partial charge on any atom is -0.383 e. The Bertz CT molecular complexity index is 1260. The quantitative estimate of drug-likeness (QED) is 0.490. The van der Waals surface area contributed by atoms with E-state index >= 15 is 0 Å². The van der Waals surface area contributed by atoms with Crippen LogP contribution in [0.2, 0.25) is 0 Å². The molecule has 2 amide bonds. The van der Waals surface area contributed by atoms with Gasteiger partial charge in [0.15, 0.2) is 11.1 Å². The average Bonchev–Trinajstić information content (AvgIpc) is 3.59. The minimum absolute atomic E-state index is 0.0328. The van der Waals surface area contributed by atoms with Crippen molar-refractivity contribution < 1.29 is 9.59 Å². The van der Waals surface area contributed by atoms with E-state index in [0.717, 1.165) is 12.0 Å². The van der Waals surface area contributed by atoms with Crippen LogP contribution in [0.15, 0.2) is 54.9 Å². The Balaban J connectivity index is 1.45. The molecule has 0 spiro atoms. The van der Waals surface area contributed by atoms with E-state index in [2.05, 4.69) is 27.2 Å². The number of benzene rings is 1. The molecule has 0 saturated carbocycles. The molecule has 0 bridgehead atoms.